The molecule has 5 heteroatoms. The van der Waals surface area contributed by atoms with Gasteiger partial charge in [0.15, 0.2) is 5.76 Å². The molecule has 1 aliphatic rings. The van der Waals surface area contributed by atoms with Gasteiger partial charge in [-0.3, -0.25) is 9.69 Å². The second-order valence-corrected chi connectivity index (χ2v) is 8.90. The molecule has 1 aliphatic heterocycles. The summed E-state index contributed by atoms with van der Waals surface area (Å²) in [5, 5.41) is 4.09. The molecule has 1 atom stereocenters. The molecule has 0 bridgehead atoms. The van der Waals surface area contributed by atoms with Crippen molar-refractivity contribution < 1.29 is 13.9 Å². The van der Waals surface area contributed by atoms with Gasteiger partial charge < -0.3 is 14.5 Å². The summed E-state index contributed by atoms with van der Waals surface area (Å²) in [7, 11) is 1.70. The molecule has 5 nitrogen and oxygen atoms in total. The number of methoxy groups -OCH3 is 1. The number of fused-ring (bicyclic) bond motifs is 1. The predicted molar refractivity (Wildman–Crippen MR) is 136 cm³/mol. The lowest BCUT2D eigenvalue weighted by Gasteiger charge is -2.34. The number of piperidine rings is 1. The van der Waals surface area contributed by atoms with Crippen molar-refractivity contribution in [3.8, 4) is 5.75 Å². The maximum Gasteiger partial charge on any atom is 0.255 e. The molecule has 0 unspecified atom stereocenters. The Balaban J connectivity index is 1.65. The van der Waals surface area contributed by atoms with Crippen LogP contribution in [-0.4, -0.2) is 31.0 Å². The van der Waals surface area contributed by atoms with E-state index in [-0.39, 0.29) is 11.9 Å². The Kier molecular flexibility index (Phi) is 6.37. The SMILES string of the molecule is COc1ccccc1[C@@H](c1oc2ccccc2c1NC(=O)c1ccc(C)cc1)N1CCCCC1. The molecule has 4 aromatic rings. The first-order chi connectivity index (χ1) is 16.7. The third kappa shape index (κ3) is 4.31. The highest BCUT2D eigenvalue weighted by Gasteiger charge is 2.33. The number of nitrogens with zero attached hydrogens (tertiary/aromatic N) is 1. The zero-order chi connectivity index (χ0) is 23.5. The molecule has 1 N–H and O–H groups in total. The number of amides is 1. The van der Waals surface area contributed by atoms with Gasteiger partial charge in [-0.1, -0.05) is 54.4 Å². The number of aryl methyl sites for hydroxylation is 1. The summed E-state index contributed by atoms with van der Waals surface area (Å²) < 4.78 is 12.3. The third-order valence-corrected chi connectivity index (χ3v) is 6.61. The van der Waals surface area contributed by atoms with E-state index in [0.29, 0.717) is 5.56 Å². The minimum Gasteiger partial charge on any atom is -0.496 e. The predicted octanol–water partition coefficient (Wildman–Crippen LogP) is 6.58. The molecule has 1 fully saturated rings. The first-order valence-corrected chi connectivity index (χ1v) is 11.9. The third-order valence-electron chi connectivity index (χ3n) is 6.61. The minimum absolute atomic E-state index is 0.148. The molecule has 34 heavy (non-hydrogen) atoms. The summed E-state index contributed by atoms with van der Waals surface area (Å²) in [4.78, 5) is 15.7. The number of anilines is 1. The molecule has 1 aromatic heterocycles. The van der Waals surface area contributed by atoms with E-state index in [2.05, 4.69) is 16.3 Å². The number of rotatable bonds is 6. The van der Waals surface area contributed by atoms with Crippen molar-refractivity contribution in [2.45, 2.75) is 32.2 Å². The number of ether oxygens (including phenoxy) is 1. The Bertz CT molecular complexity index is 1290. The van der Waals surface area contributed by atoms with Crippen LogP contribution in [0.25, 0.3) is 11.0 Å². The van der Waals surface area contributed by atoms with Crippen molar-refractivity contribution >= 4 is 22.6 Å². The standard InChI is InChI=1S/C29H30N2O3/c1-20-14-16-21(17-15-20)29(32)30-26-22-10-4-7-13-25(22)34-28(26)27(31-18-8-3-9-19-31)23-11-5-6-12-24(23)33-2/h4-7,10-17,27H,3,8-9,18-19H2,1-2H3,(H,30,32)/t27-/m0/s1. The van der Waals surface area contributed by atoms with E-state index < -0.39 is 0 Å². The topological polar surface area (TPSA) is 54.7 Å². The minimum atomic E-state index is -0.169. The van der Waals surface area contributed by atoms with E-state index in [1.54, 1.807) is 7.11 Å². The number of furan rings is 1. The Morgan fingerprint density at radius 2 is 1.65 bits per heavy atom. The summed E-state index contributed by atoms with van der Waals surface area (Å²) in [6, 6.07) is 23.4. The van der Waals surface area contributed by atoms with Crippen LogP contribution in [0.2, 0.25) is 0 Å². The van der Waals surface area contributed by atoms with Crippen molar-refractivity contribution in [2.75, 3.05) is 25.5 Å². The number of carbonyl (C=O) groups is 1. The molecular formula is C29H30N2O3. The van der Waals surface area contributed by atoms with Crippen LogP contribution < -0.4 is 10.1 Å². The zero-order valence-corrected chi connectivity index (χ0v) is 19.7. The monoisotopic (exact) mass is 454 g/mol. The van der Waals surface area contributed by atoms with Crippen LogP contribution in [0.5, 0.6) is 5.75 Å². The van der Waals surface area contributed by atoms with Gasteiger partial charge in [0.2, 0.25) is 0 Å². The van der Waals surface area contributed by atoms with Gasteiger partial charge >= 0.3 is 0 Å². The molecule has 1 amide bonds. The second kappa shape index (κ2) is 9.74. The van der Waals surface area contributed by atoms with Gasteiger partial charge in [-0.2, -0.15) is 0 Å². The Labute approximate surface area is 200 Å². The molecule has 0 saturated carbocycles. The van der Waals surface area contributed by atoms with Crippen molar-refractivity contribution in [3.63, 3.8) is 0 Å². The van der Waals surface area contributed by atoms with Crippen molar-refractivity contribution in [1.82, 2.24) is 4.90 Å². The van der Waals surface area contributed by atoms with Gasteiger partial charge in [-0.05, 0) is 63.2 Å². The van der Waals surface area contributed by atoms with Crippen LogP contribution >= 0.6 is 0 Å². The van der Waals surface area contributed by atoms with E-state index in [9.17, 15) is 4.79 Å². The van der Waals surface area contributed by atoms with Gasteiger partial charge in [0.05, 0.1) is 18.8 Å². The van der Waals surface area contributed by atoms with E-state index in [0.717, 1.165) is 65.2 Å². The average molecular weight is 455 g/mol. The quantitative estimate of drug-likeness (QED) is 0.358. The molecule has 2 heterocycles. The fraction of sp³-hybridized carbons (Fsp3) is 0.276. The Morgan fingerprint density at radius 1 is 0.941 bits per heavy atom. The average Bonchev–Trinajstić information content (AvgIpc) is 3.23. The first kappa shape index (κ1) is 22.2. The van der Waals surface area contributed by atoms with Gasteiger partial charge in [0.1, 0.15) is 11.3 Å². The number of carbonyl (C=O) groups excluding carboxylic acids is 1. The maximum atomic E-state index is 13.3. The molecular weight excluding hydrogens is 424 g/mol. The van der Waals surface area contributed by atoms with Crippen molar-refractivity contribution in [2.24, 2.45) is 0 Å². The van der Waals surface area contributed by atoms with E-state index in [1.807, 2.05) is 73.7 Å². The molecule has 0 aliphatic carbocycles. The molecule has 0 spiro atoms. The molecule has 3 aromatic carbocycles. The largest absolute Gasteiger partial charge is 0.496 e. The lowest BCUT2D eigenvalue weighted by molar-refractivity contribution is 0.102. The summed E-state index contributed by atoms with van der Waals surface area (Å²) >= 11 is 0. The van der Waals surface area contributed by atoms with Crippen LogP contribution in [0.1, 0.15) is 52.5 Å². The number of para-hydroxylation sites is 2. The van der Waals surface area contributed by atoms with Crippen LogP contribution in [0.3, 0.4) is 0 Å². The van der Waals surface area contributed by atoms with Gasteiger partial charge in [-0.15, -0.1) is 0 Å². The van der Waals surface area contributed by atoms with E-state index in [4.69, 9.17) is 9.15 Å². The fourth-order valence-corrected chi connectivity index (χ4v) is 4.85. The van der Waals surface area contributed by atoms with Crippen molar-refractivity contribution in [1.29, 1.82) is 0 Å². The molecule has 0 radical (unpaired) electrons. The van der Waals surface area contributed by atoms with E-state index >= 15 is 0 Å². The van der Waals surface area contributed by atoms with Gasteiger partial charge in [0, 0.05) is 16.5 Å². The lowest BCUT2D eigenvalue weighted by atomic mass is 9.97. The summed E-state index contributed by atoms with van der Waals surface area (Å²) in [6.45, 7) is 3.94. The second-order valence-electron chi connectivity index (χ2n) is 8.90. The normalized spacial score (nSPS) is 15.2. The Morgan fingerprint density at radius 3 is 2.41 bits per heavy atom. The summed E-state index contributed by atoms with van der Waals surface area (Å²) in [5.74, 6) is 1.41. The van der Waals surface area contributed by atoms with Gasteiger partial charge in [-0.25, -0.2) is 0 Å². The van der Waals surface area contributed by atoms with Crippen LogP contribution in [0.15, 0.2) is 77.2 Å². The Hall–Kier alpha value is -3.57. The fourth-order valence-electron chi connectivity index (χ4n) is 4.85. The highest BCUT2D eigenvalue weighted by molar-refractivity contribution is 6.09. The number of likely N-dealkylation sites (tertiary alicyclic amines) is 1. The number of benzene rings is 3. The van der Waals surface area contributed by atoms with Crippen LogP contribution in [0.4, 0.5) is 5.69 Å². The van der Waals surface area contributed by atoms with Crippen LogP contribution in [-0.2, 0) is 0 Å². The summed E-state index contributed by atoms with van der Waals surface area (Å²) in [6.07, 6.45) is 3.50. The lowest BCUT2D eigenvalue weighted by Crippen LogP contribution is -2.34. The number of hydrogen-bond donors (Lipinski definition) is 1. The van der Waals surface area contributed by atoms with Gasteiger partial charge in [0.25, 0.3) is 5.91 Å². The van der Waals surface area contributed by atoms with Crippen molar-refractivity contribution in [3.05, 3.63) is 95.2 Å². The summed E-state index contributed by atoms with van der Waals surface area (Å²) in [5.41, 5.74) is 4.26. The smallest absolute Gasteiger partial charge is 0.255 e. The van der Waals surface area contributed by atoms with Crippen LogP contribution in [0, 0.1) is 6.92 Å². The highest BCUT2D eigenvalue weighted by Crippen LogP contribution is 2.43. The zero-order valence-electron chi connectivity index (χ0n) is 19.7. The molecule has 1 saturated heterocycles. The molecule has 174 valence electrons. The first-order valence-electron chi connectivity index (χ1n) is 11.9. The number of nitrogens with one attached hydrogen (secondary N) is 1. The number of hydrogen-bond acceptors (Lipinski definition) is 4. The van der Waals surface area contributed by atoms with E-state index in [1.165, 1.54) is 6.42 Å². The maximum absolute atomic E-state index is 13.3. The molecule has 5 rings (SSSR count). The highest BCUT2D eigenvalue weighted by atomic mass is 16.5.